The largest absolute Gasteiger partial charge is 0.477 e. The molecule has 1 atom stereocenters. The molecule has 0 N–H and O–H groups in total. The molecule has 0 saturated carbocycles. The molecule has 0 aliphatic carbocycles. The SMILES string of the molecule is CCOc1cncc(N2CC[C@@H](CN(C)Cc3scnc3C)C2)n1. The van der Waals surface area contributed by atoms with Gasteiger partial charge in [0.15, 0.2) is 5.82 Å². The van der Waals surface area contributed by atoms with Crippen molar-refractivity contribution in [1.29, 1.82) is 0 Å². The smallest absolute Gasteiger partial charge is 0.234 e. The zero-order valence-electron chi connectivity index (χ0n) is 14.6. The number of hydrogen-bond donors (Lipinski definition) is 0. The third kappa shape index (κ3) is 4.21. The molecule has 24 heavy (non-hydrogen) atoms. The van der Waals surface area contributed by atoms with Gasteiger partial charge in [-0.3, -0.25) is 4.98 Å². The fourth-order valence-corrected chi connectivity index (χ4v) is 3.98. The van der Waals surface area contributed by atoms with Gasteiger partial charge in [-0.2, -0.15) is 4.98 Å². The van der Waals surface area contributed by atoms with Crippen LogP contribution in [0.25, 0.3) is 0 Å². The monoisotopic (exact) mass is 347 g/mol. The van der Waals surface area contributed by atoms with E-state index in [9.17, 15) is 0 Å². The third-order valence-electron chi connectivity index (χ3n) is 4.33. The number of aryl methyl sites for hydroxylation is 1. The molecule has 0 spiro atoms. The van der Waals surface area contributed by atoms with Crippen LogP contribution >= 0.6 is 11.3 Å². The van der Waals surface area contributed by atoms with Crippen molar-refractivity contribution in [2.45, 2.75) is 26.8 Å². The van der Waals surface area contributed by atoms with Gasteiger partial charge in [-0.1, -0.05) is 0 Å². The van der Waals surface area contributed by atoms with Gasteiger partial charge >= 0.3 is 0 Å². The molecule has 1 aliphatic rings. The molecule has 130 valence electrons. The second-order valence-corrected chi connectivity index (χ2v) is 7.25. The van der Waals surface area contributed by atoms with Crippen LogP contribution in [0, 0.1) is 12.8 Å². The molecular weight excluding hydrogens is 322 g/mol. The summed E-state index contributed by atoms with van der Waals surface area (Å²) in [5, 5.41) is 0. The standard InChI is InChI=1S/C17H25N5OS/c1-4-23-17-8-18-7-16(20-17)22-6-5-14(10-22)9-21(3)11-15-13(2)19-12-24-15/h7-8,12,14H,4-6,9-11H2,1-3H3/t14-/m0/s1. The van der Waals surface area contributed by atoms with E-state index in [0.717, 1.165) is 37.7 Å². The van der Waals surface area contributed by atoms with E-state index >= 15 is 0 Å². The second kappa shape index (κ2) is 7.90. The van der Waals surface area contributed by atoms with E-state index in [1.54, 1.807) is 17.5 Å². The lowest BCUT2D eigenvalue weighted by molar-refractivity contribution is 0.281. The lowest BCUT2D eigenvalue weighted by atomic mass is 10.1. The third-order valence-corrected chi connectivity index (χ3v) is 5.25. The van der Waals surface area contributed by atoms with E-state index in [-0.39, 0.29) is 0 Å². The van der Waals surface area contributed by atoms with E-state index in [0.29, 0.717) is 18.4 Å². The van der Waals surface area contributed by atoms with Crippen molar-refractivity contribution in [3.63, 3.8) is 0 Å². The fraction of sp³-hybridized carbons (Fsp3) is 0.588. The second-order valence-electron chi connectivity index (χ2n) is 6.31. The number of hydrogen-bond acceptors (Lipinski definition) is 7. The Morgan fingerprint density at radius 3 is 3.04 bits per heavy atom. The van der Waals surface area contributed by atoms with Crippen molar-refractivity contribution >= 4 is 17.2 Å². The van der Waals surface area contributed by atoms with Crippen LogP contribution in [0.2, 0.25) is 0 Å². The van der Waals surface area contributed by atoms with Gasteiger partial charge < -0.3 is 14.5 Å². The molecule has 1 aliphatic heterocycles. The van der Waals surface area contributed by atoms with Crippen LogP contribution in [-0.4, -0.2) is 53.1 Å². The molecule has 0 radical (unpaired) electrons. The van der Waals surface area contributed by atoms with Crippen LogP contribution in [0.1, 0.15) is 23.9 Å². The van der Waals surface area contributed by atoms with E-state index in [1.807, 2.05) is 18.6 Å². The Balaban J connectivity index is 1.53. The summed E-state index contributed by atoms with van der Waals surface area (Å²) in [6, 6.07) is 0. The average molecular weight is 347 g/mol. The number of rotatable bonds is 7. The van der Waals surface area contributed by atoms with Crippen molar-refractivity contribution in [1.82, 2.24) is 19.9 Å². The quantitative estimate of drug-likeness (QED) is 0.767. The molecule has 7 heteroatoms. The summed E-state index contributed by atoms with van der Waals surface area (Å²) >= 11 is 1.74. The minimum absolute atomic E-state index is 0.608. The summed E-state index contributed by atoms with van der Waals surface area (Å²) in [6.45, 7) is 8.78. The summed E-state index contributed by atoms with van der Waals surface area (Å²) in [5.74, 6) is 2.18. The predicted molar refractivity (Wildman–Crippen MR) is 96.7 cm³/mol. The van der Waals surface area contributed by atoms with Gasteiger partial charge in [0.05, 0.1) is 30.2 Å². The first-order valence-electron chi connectivity index (χ1n) is 8.43. The first-order chi connectivity index (χ1) is 11.7. The lowest BCUT2D eigenvalue weighted by Crippen LogP contribution is -2.28. The van der Waals surface area contributed by atoms with Crippen LogP contribution in [0.15, 0.2) is 17.9 Å². The van der Waals surface area contributed by atoms with Crippen LogP contribution in [0.5, 0.6) is 5.88 Å². The highest BCUT2D eigenvalue weighted by atomic mass is 32.1. The normalized spacial score (nSPS) is 17.7. The Bertz CT molecular complexity index is 662. The fourth-order valence-electron chi connectivity index (χ4n) is 3.13. The Kier molecular flexibility index (Phi) is 5.63. The molecule has 6 nitrogen and oxygen atoms in total. The Labute approximate surface area is 147 Å². The van der Waals surface area contributed by atoms with E-state index in [1.165, 1.54) is 11.3 Å². The van der Waals surface area contributed by atoms with Crippen LogP contribution in [0.3, 0.4) is 0 Å². The van der Waals surface area contributed by atoms with E-state index in [4.69, 9.17) is 4.74 Å². The number of nitrogens with zero attached hydrogens (tertiary/aromatic N) is 5. The molecule has 0 amide bonds. The molecule has 1 saturated heterocycles. The first kappa shape index (κ1) is 17.1. The minimum atomic E-state index is 0.608. The average Bonchev–Trinajstić information content (AvgIpc) is 3.18. The zero-order chi connectivity index (χ0) is 16.9. The van der Waals surface area contributed by atoms with E-state index < -0.39 is 0 Å². The predicted octanol–water partition coefficient (Wildman–Crippen LogP) is 2.60. The highest BCUT2D eigenvalue weighted by molar-refractivity contribution is 7.09. The van der Waals surface area contributed by atoms with Gasteiger partial charge in [0.2, 0.25) is 5.88 Å². The van der Waals surface area contributed by atoms with Crippen LogP contribution < -0.4 is 9.64 Å². The first-order valence-corrected chi connectivity index (χ1v) is 9.31. The van der Waals surface area contributed by atoms with Crippen LogP contribution in [0.4, 0.5) is 5.82 Å². The van der Waals surface area contributed by atoms with Gasteiger partial charge in [-0.15, -0.1) is 11.3 Å². The number of thiazole rings is 1. The Morgan fingerprint density at radius 2 is 2.29 bits per heavy atom. The number of anilines is 1. The molecule has 1 fully saturated rings. The maximum atomic E-state index is 5.45. The van der Waals surface area contributed by atoms with Gasteiger partial charge in [0.25, 0.3) is 0 Å². The molecular formula is C17H25N5OS. The highest BCUT2D eigenvalue weighted by Gasteiger charge is 2.25. The molecule has 0 bridgehead atoms. The summed E-state index contributed by atoms with van der Waals surface area (Å²) in [5.41, 5.74) is 3.09. The topological polar surface area (TPSA) is 54.4 Å². The number of ether oxygens (including phenoxy) is 1. The van der Waals surface area contributed by atoms with Crippen molar-refractivity contribution in [3.05, 3.63) is 28.5 Å². The van der Waals surface area contributed by atoms with Gasteiger partial charge in [-0.05, 0) is 33.2 Å². The molecule has 2 aromatic rings. The zero-order valence-corrected chi connectivity index (χ0v) is 15.4. The number of aromatic nitrogens is 3. The van der Waals surface area contributed by atoms with Crippen LogP contribution in [-0.2, 0) is 6.54 Å². The molecule has 0 unspecified atom stereocenters. The molecule has 0 aromatic carbocycles. The Hall–Kier alpha value is -1.73. The molecule has 2 aromatic heterocycles. The maximum Gasteiger partial charge on any atom is 0.234 e. The van der Waals surface area contributed by atoms with E-state index in [2.05, 4.69) is 38.7 Å². The van der Waals surface area contributed by atoms with Gasteiger partial charge in [0.1, 0.15) is 0 Å². The summed E-state index contributed by atoms with van der Waals surface area (Å²) in [7, 11) is 2.19. The molecule has 3 rings (SSSR count). The van der Waals surface area contributed by atoms with Crippen molar-refractivity contribution in [2.24, 2.45) is 5.92 Å². The summed E-state index contributed by atoms with van der Waals surface area (Å²) in [4.78, 5) is 19.2. The van der Waals surface area contributed by atoms with Crippen molar-refractivity contribution in [3.8, 4) is 5.88 Å². The molecule has 3 heterocycles. The lowest BCUT2D eigenvalue weighted by Gasteiger charge is -2.21. The Morgan fingerprint density at radius 1 is 1.42 bits per heavy atom. The van der Waals surface area contributed by atoms with Crippen molar-refractivity contribution in [2.75, 3.05) is 38.2 Å². The van der Waals surface area contributed by atoms with Gasteiger partial charge in [0, 0.05) is 31.1 Å². The summed E-state index contributed by atoms with van der Waals surface area (Å²) in [6.07, 6.45) is 4.69. The summed E-state index contributed by atoms with van der Waals surface area (Å²) < 4.78 is 5.45. The highest BCUT2D eigenvalue weighted by Crippen LogP contribution is 2.24. The maximum absolute atomic E-state index is 5.45. The van der Waals surface area contributed by atoms with Gasteiger partial charge in [-0.25, -0.2) is 4.98 Å². The van der Waals surface area contributed by atoms with Crippen molar-refractivity contribution < 1.29 is 4.74 Å². The minimum Gasteiger partial charge on any atom is -0.477 e.